The van der Waals surface area contributed by atoms with Crippen LogP contribution in [0.2, 0.25) is 0 Å². The van der Waals surface area contributed by atoms with Gasteiger partial charge in [0.2, 0.25) is 5.88 Å². The number of nitrogens with zero attached hydrogens (tertiary/aromatic N) is 2. The highest BCUT2D eigenvalue weighted by molar-refractivity contribution is 5.72. The van der Waals surface area contributed by atoms with Crippen molar-refractivity contribution in [3.8, 4) is 17.3 Å². The first-order valence-corrected chi connectivity index (χ1v) is 6.61. The third-order valence-corrected chi connectivity index (χ3v) is 3.15. The van der Waals surface area contributed by atoms with Crippen LogP contribution in [0.4, 0.5) is 0 Å². The molecule has 0 bridgehead atoms. The number of hydrogen-bond donors (Lipinski definition) is 2. The minimum Gasteiger partial charge on any atom is -0.506 e. The van der Waals surface area contributed by atoms with Crippen molar-refractivity contribution in [2.45, 2.75) is 26.2 Å². The average Bonchev–Trinajstić information content (AvgIpc) is 2.77. The molecule has 6 nitrogen and oxygen atoms in total. The van der Waals surface area contributed by atoms with Crippen LogP contribution in [0.25, 0.3) is 5.69 Å². The maximum atomic E-state index is 11.1. The van der Waals surface area contributed by atoms with Gasteiger partial charge in [-0.2, -0.15) is 9.78 Å². The van der Waals surface area contributed by atoms with Crippen molar-refractivity contribution in [1.82, 2.24) is 9.78 Å². The first kappa shape index (κ1) is 14.9. The molecule has 21 heavy (non-hydrogen) atoms. The van der Waals surface area contributed by atoms with E-state index in [2.05, 4.69) is 5.10 Å². The average molecular weight is 290 g/mol. The fraction of sp³-hybridized carbons (Fsp3) is 0.333. The highest BCUT2D eigenvalue weighted by atomic mass is 16.5. The van der Waals surface area contributed by atoms with Crippen LogP contribution in [0, 0.1) is 0 Å². The smallest absolute Gasteiger partial charge is 0.308 e. The summed E-state index contributed by atoms with van der Waals surface area (Å²) in [6.45, 7) is 3.87. The van der Waals surface area contributed by atoms with Crippen molar-refractivity contribution in [2.24, 2.45) is 0 Å². The summed E-state index contributed by atoms with van der Waals surface area (Å²) in [4.78, 5) is 11.1. The molecule has 0 fully saturated rings. The Balaban J connectivity index is 2.67. The van der Waals surface area contributed by atoms with Crippen LogP contribution >= 0.6 is 0 Å². The molecule has 1 aromatic carbocycles. The molecule has 0 amide bonds. The van der Waals surface area contributed by atoms with E-state index in [9.17, 15) is 9.90 Å². The van der Waals surface area contributed by atoms with Gasteiger partial charge in [-0.15, -0.1) is 0 Å². The van der Waals surface area contributed by atoms with Crippen LogP contribution in [-0.4, -0.2) is 33.1 Å². The molecule has 0 spiro atoms. The number of carboxylic acid groups (broad SMARTS) is 1. The minimum atomic E-state index is -0.952. The number of ether oxygens (including phenoxy) is 1. The maximum Gasteiger partial charge on any atom is 0.308 e. The first-order valence-electron chi connectivity index (χ1n) is 6.61. The number of benzene rings is 1. The highest BCUT2D eigenvalue weighted by Crippen LogP contribution is 2.33. The topological polar surface area (TPSA) is 84.6 Å². The summed E-state index contributed by atoms with van der Waals surface area (Å²) in [5.41, 5.74) is 1.63. The molecule has 1 heterocycles. The van der Waals surface area contributed by atoms with E-state index < -0.39 is 5.97 Å². The molecule has 0 saturated heterocycles. The van der Waals surface area contributed by atoms with E-state index in [1.165, 1.54) is 11.8 Å². The van der Waals surface area contributed by atoms with Gasteiger partial charge in [-0.25, -0.2) is 0 Å². The lowest BCUT2D eigenvalue weighted by Gasteiger charge is -2.08. The summed E-state index contributed by atoms with van der Waals surface area (Å²) in [5, 5.41) is 23.5. The van der Waals surface area contributed by atoms with E-state index in [1.54, 1.807) is 24.3 Å². The van der Waals surface area contributed by atoms with Crippen molar-refractivity contribution < 1.29 is 19.7 Å². The Kier molecular flexibility index (Phi) is 4.16. The number of hydrogen-bond acceptors (Lipinski definition) is 4. The Morgan fingerprint density at radius 1 is 1.38 bits per heavy atom. The number of aliphatic carboxylic acids is 1. The maximum absolute atomic E-state index is 11.1. The van der Waals surface area contributed by atoms with Crippen molar-refractivity contribution in [3.63, 3.8) is 0 Å². The lowest BCUT2D eigenvalue weighted by Crippen LogP contribution is -2.05. The van der Waals surface area contributed by atoms with Gasteiger partial charge in [-0.05, 0) is 18.1 Å². The van der Waals surface area contributed by atoms with Gasteiger partial charge in [0, 0.05) is 5.56 Å². The van der Waals surface area contributed by atoms with Gasteiger partial charge in [0.05, 0.1) is 19.2 Å². The predicted octanol–water partition coefficient (Wildman–Crippen LogP) is 2.34. The summed E-state index contributed by atoms with van der Waals surface area (Å²) in [6.07, 6.45) is -0.176. The Bertz CT molecular complexity index is 662. The van der Waals surface area contributed by atoms with Crippen molar-refractivity contribution in [2.75, 3.05) is 7.11 Å². The molecule has 0 aliphatic rings. The number of aromatic hydroxyl groups is 1. The lowest BCUT2D eigenvalue weighted by atomic mass is 10.0. The number of phenolic OH excluding ortho intramolecular Hbond substituents is 1. The van der Waals surface area contributed by atoms with Crippen LogP contribution in [0.1, 0.15) is 31.0 Å². The minimum absolute atomic E-state index is 0.0420. The predicted molar refractivity (Wildman–Crippen MR) is 77.2 cm³/mol. The molecule has 0 radical (unpaired) electrons. The Morgan fingerprint density at radius 3 is 2.57 bits per heavy atom. The lowest BCUT2D eigenvalue weighted by molar-refractivity contribution is -0.136. The van der Waals surface area contributed by atoms with Gasteiger partial charge in [0.25, 0.3) is 0 Å². The second-order valence-corrected chi connectivity index (χ2v) is 5.00. The normalized spacial score (nSPS) is 10.9. The molecule has 2 rings (SSSR count). The summed E-state index contributed by atoms with van der Waals surface area (Å²) >= 11 is 0. The number of rotatable bonds is 5. The van der Waals surface area contributed by atoms with Crippen molar-refractivity contribution >= 4 is 5.97 Å². The molecule has 1 aromatic heterocycles. The highest BCUT2D eigenvalue weighted by Gasteiger charge is 2.24. The quantitative estimate of drug-likeness (QED) is 0.883. The standard InChI is InChI=1S/C15H18N2O4/c1-9(2)14-10(8-13(19)20)15(21-3)17(16-14)11-6-4-5-7-12(11)18/h4-7,9,18H,8H2,1-3H3,(H,19,20). The van der Waals surface area contributed by atoms with Crippen LogP contribution in [0.15, 0.2) is 24.3 Å². The molecular formula is C15H18N2O4. The molecule has 2 aromatic rings. The number of phenols is 1. The zero-order chi connectivity index (χ0) is 15.6. The molecule has 0 aliphatic carbocycles. The molecule has 0 atom stereocenters. The fourth-order valence-corrected chi connectivity index (χ4v) is 2.25. The zero-order valence-corrected chi connectivity index (χ0v) is 12.2. The Morgan fingerprint density at radius 2 is 2.05 bits per heavy atom. The SMILES string of the molecule is COc1c(CC(=O)O)c(C(C)C)nn1-c1ccccc1O. The molecule has 0 unspecified atom stereocenters. The van der Waals surface area contributed by atoms with Crippen molar-refractivity contribution in [1.29, 1.82) is 0 Å². The monoisotopic (exact) mass is 290 g/mol. The molecule has 0 saturated carbocycles. The van der Waals surface area contributed by atoms with Crippen molar-refractivity contribution in [3.05, 3.63) is 35.5 Å². The van der Waals surface area contributed by atoms with Crippen LogP contribution in [-0.2, 0) is 11.2 Å². The Labute approximate surface area is 122 Å². The number of carbonyl (C=O) groups is 1. The van der Waals surface area contributed by atoms with E-state index in [0.29, 0.717) is 22.8 Å². The Hall–Kier alpha value is -2.50. The summed E-state index contributed by atoms with van der Waals surface area (Å²) in [6, 6.07) is 6.71. The van der Waals surface area contributed by atoms with Gasteiger partial charge in [0.1, 0.15) is 11.4 Å². The van der Waals surface area contributed by atoms with Crippen LogP contribution in [0.3, 0.4) is 0 Å². The van der Waals surface area contributed by atoms with E-state index in [1.807, 2.05) is 13.8 Å². The van der Waals surface area contributed by atoms with Gasteiger partial charge >= 0.3 is 5.97 Å². The summed E-state index contributed by atoms with van der Waals surface area (Å²) < 4.78 is 6.79. The third-order valence-electron chi connectivity index (χ3n) is 3.15. The zero-order valence-electron chi connectivity index (χ0n) is 12.2. The summed E-state index contributed by atoms with van der Waals surface area (Å²) in [5.74, 6) is -0.523. The number of methoxy groups -OCH3 is 1. The van der Waals surface area contributed by atoms with E-state index >= 15 is 0 Å². The number of para-hydroxylation sites is 2. The van der Waals surface area contributed by atoms with E-state index in [4.69, 9.17) is 9.84 Å². The molecule has 2 N–H and O–H groups in total. The van der Waals surface area contributed by atoms with Gasteiger partial charge in [-0.1, -0.05) is 26.0 Å². The summed E-state index contributed by atoms with van der Waals surface area (Å²) in [7, 11) is 1.46. The fourth-order valence-electron chi connectivity index (χ4n) is 2.25. The largest absolute Gasteiger partial charge is 0.506 e. The van der Waals surface area contributed by atoms with Crippen LogP contribution in [0.5, 0.6) is 11.6 Å². The second kappa shape index (κ2) is 5.87. The second-order valence-electron chi connectivity index (χ2n) is 5.00. The first-order chi connectivity index (χ1) is 9.95. The molecular weight excluding hydrogens is 272 g/mol. The number of carboxylic acids is 1. The third kappa shape index (κ3) is 2.84. The molecule has 0 aliphatic heterocycles. The number of aromatic nitrogens is 2. The molecule has 112 valence electrons. The van der Waals surface area contributed by atoms with E-state index in [0.717, 1.165) is 0 Å². The van der Waals surface area contributed by atoms with Gasteiger partial charge in [-0.3, -0.25) is 4.79 Å². The van der Waals surface area contributed by atoms with Gasteiger partial charge in [0.15, 0.2) is 0 Å². The van der Waals surface area contributed by atoms with E-state index in [-0.39, 0.29) is 18.1 Å². The van der Waals surface area contributed by atoms with Gasteiger partial charge < -0.3 is 14.9 Å². The molecule has 6 heteroatoms. The van der Waals surface area contributed by atoms with Crippen LogP contribution < -0.4 is 4.74 Å².